The molecule has 0 radical (unpaired) electrons. The van der Waals surface area contributed by atoms with Crippen LogP contribution < -0.4 is 10.6 Å². The van der Waals surface area contributed by atoms with Gasteiger partial charge in [-0.2, -0.15) is 0 Å². The Morgan fingerprint density at radius 2 is 2.36 bits per heavy atom. The van der Waals surface area contributed by atoms with Crippen molar-refractivity contribution in [3.63, 3.8) is 0 Å². The highest BCUT2D eigenvalue weighted by atomic mass is 32.1. The van der Waals surface area contributed by atoms with Crippen LogP contribution in [-0.2, 0) is 6.54 Å². The Balaban J connectivity index is 1.57. The molecule has 5 nitrogen and oxygen atoms in total. The second-order valence-electron chi connectivity index (χ2n) is 5.66. The topological polar surface area (TPSA) is 65.6 Å². The normalized spacial score (nSPS) is 18.8. The summed E-state index contributed by atoms with van der Waals surface area (Å²) in [6.07, 6.45) is 4.33. The van der Waals surface area contributed by atoms with Crippen LogP contribution in [0.5, 0.6) is 0 Å². The Bertz CT molecular complexity index is 743. The molecule has 0 amide bonds. The van der Waals surface area contributed by atoms with Gasteiger partial charge in [0.05, 0.1) is 10.4 Å². The van der Waals surface area contributed by atoms with E-state index in [1.807, 2.05) is 12.3 Å². The third-order valence-corrected chi connectivity index (χ3v) is 4.99. The monoisotopic (exact) mass is 313 g/mol. The molecule has 1 fully saturated rings. The lowest BCUT2D eigenvalue weighted by atomic mass is 10.1. The molecule has 4 rings (SSSR count). The maximum absolute atomic E-state index is 4.61. The summed E-state index contributed by atoms with van der Waals surface area (Å²) in [6.45, 7) is 3.04. The number of rotatable bonds is 4. The Hall–Kier alpha value is -1.76. The molecule has 0 aliphatic carbocycles. The first-order chi connectivity index (χ1) is 10.9. The first-order valence-electron chi connectivity index (χ1n) is 7.72. The predicted octanol–water partition coefficient (Wildman–Crippen LogP) is 2.53. The van der Waals surface area contributed by atoms with E-state index in [-0.39, 0.29) is 0 Å². The van der Waals surface area contributed by atoms with E-state index in [1.54, 1.807) is 11.3 Å². The van der Waals surface area contributed by atoms with E-state index in [9.17, 15) is 0 Å². The number of aromatic amines is 1. The van der Waals surface area contributed by atoms with Crippen LogP contribution in [0.3, 0.4) is 0 Å². The lowest BCUT2D eigenvalue weighted by Crippen LogP contribution is -2.42. The van der Waals surface area contributed by atoms with Crippen LogP contribution in [0, 0.1) is 0 Å². The molecular formula is C16H19N5S. The van der Waals surface area contributed by atoms with Crippen molar-refractivity contribution in [1.82, 2.24) is 25.6 Å². The molecule has 1 saturated heterocycles. The first kappa shape index (κ1) is 13.9. The second-order valence-corrected chi connectivity index (χ2v) is 6.60. The van der Waals surface area contributed by atoms with Crippen molar-refractivity contribution >= 4 is 22.5 Å². The van der Waals surface area contributed by atoms with Crippen molar-refractivity contribution in [3.8, 4) is 10.7 Å². The fraction of sp³-hybridized carbons (Fsp3) is 0.375. The van der Waals surface area contributed by atoms with Crippen molar-refractivity contribution in [2.24, 2.45) is 0 Å². The number of fused-ring (bicyclic) bond motifs is 1. The second kappa shape index (κ2) is 6.16. The quantitative estimate of drug-likeness (QED) is 0.692. The number of nitrogens with zero attached hydrogens (tertiary/aromatic N) is 2. The zero-order valence-electron chi connectivity index (χ0n) is 12.3. The van der Waals surface area contributed by atoms with Gasteiger partial charge >= 0.3 is 0 Å². The van der Waals surface area contributed by atoms with Crippen LogP contribution in [-0.4, -0.2) is 34.1 Å². The average Bonchev–Trinajstić information content (AvgIpc) is 3.22. The number of H-pyrrole nitrogens is 1. The average molecular weight is 313 g/mol. The number of hydrogen-bond acceptors (Lipinski definition) is 5. The van der Waals surface area contributed by atoms with E-state index >= 15 is 0 Å². The van der Waals surface area contributed by atoms with E-state index in [0.29, 0.717) is 6.04 Å². The number of hydrogen-bond donors (Lipinski definition) is 3. The minimum atomic E-state index is 0.552. The van der Waals surface area contributed by atoms with Crippen molar-refractivity contribution in [2.75, 3.05) is 13.1 Å². The standard InChI is InChI=1S/C16H19N5S/c1-3-12(10-17-6-1)19-9-11-5-7-18-16-14(11)20-15(21-16)13-4-2-8-22-13/h2,4-5,7-8,12,17,19H,1,3,6,9-10H2,(H,18,20,21). The van der Waals surface area contributed by atoms with Gasteiger partial charge in [-0.05, 0) is 42.5 Å². The molecule has 22 heavy (non-hydrogen) atoms. The van der Waals surface area contributed by atoms with Crippen molar-refractivity contribution in [1.29, 1.82) is 0 Å². The number of piperidine rings is 1. The van der Waals surface area contributed by atoms with Crippen molar-refractivity contribution in [3.05, 3.63) is 35.3 Å². The maximum Gasteiger partial charge on any atom is 0.178 e. The van der Waals surface area contributed by atoms with E-state index in [0.717, 1.165) is 41.5 Å². The highest BCUT2D eigenvalue weighted by molar-refractivity contribution is 7.13. The predicted molar refractivity (Wildman–Crippen MR) is 89.9 cm³/mol. The van der Waals surface area contributed by atoms with E-state index in [4.69, 9.17) is 0 Å². The highest BCUT2D eigenvalue weighted by Gasteiger charge is 2.14. The fourth-order valence-corrected chi connectivity index (χ4v) is 3.59. The van der Waals surface area contributed by atoms with E-state index in [1.165, 1.54) is 18.4 Å². The molecule has 3 N–H and O–H groups in total. The van der Waals surface area contributed by atoms with Crippen LogP contribution >= 0.6 is 11.3 Å². The molecule has 0 aromatic carbocycles. The van der Waals surface area contributed by atoms with Crippen LogP contribution in [0.15, 0.2) is 29.8 Å². The molecule has 3 aromatic heterocycles. The summed E-state index contributed by atoms with van der Waals surface area (Å²) < 4.78 is 0. The summed E-state index contributed by atoms with van der Waals surface area (Å²) in [6, 6.07) is 6.74. The summed E-state index contributed by atoms with van der Waals surface area (Å²) in [7, 11) is 0. The minimum Gasteiger partial charge on any atom is -0.336 e. The van der Waals surface area contributed by atoms with Gasteiger partial charge in [-0.25, -0.2) is 9.97 Å². The van der Waals surface area contributed by atoms with Gasteiger partial charge in [-0.15, -0.1) is 11.3 Å². The molecule has 1 unspecified atom stereocenters. The number of aromatic nitrogens is 3. The van der Waals surface area contributed by atoms with Gasteiger partial charge in [-0.3, -0.25) is 0 Å². The Morgan fingerprint density at radius 1 is 1.36 bits per heavy atom. The lowest BCUT2D eigenvalue weighted by molar-refractivity contribution is 0.389. The fourth-order valence-electron chi connectivity index (χ4n) is 2.92. The van der Waals surface area contributed by atoms with Crippen LogP contribution in [0.1, 0.15) is 18.4 Å². The molecule has 114 valence electrons. The molecule has 0 spiro atoms. The Kier molecular flexibility index (Phi) is 3.88. The Labute approximate surface area is 133 Å². The summed E-state index contributed by atoms with van der Waals surface area (Å²) in [5.74, 6) is 0.907. The number of pyridine rings is 1. The smallest absolute Gasteiger partial charge is 0.178 e. The van der Waals surface area contributed by atoms with Gasteiger partial charge in [-0.1, -0.05) is 6.07 Å². The molecule has 1 aliphatic heterocycles. The third-order valence-electron chi connectivity index (χ3n) is 4.11. The zero-order valence-corrected chi connectivity index (χ0v) is 13.1. The van der Waals surface area contributed by atoms with Gasteiger partial charge < -0.3 is 15.6 Å². The van der Waals surface area contributed by atoms with Gasteiger partial charge in [0, 0.05) is 25.3 Å². The number of thiophene rings is 1. The van der Waals surface area contributed by atoms with Crippen molar-refractivity contribution < 1.29 is 0 Å². The third kappa shape index (κ3) is 2.77. The van der Waals surface area contributed by atoms with Crippen LogP contribution in [0.2, 0.25) is 0 Å². The number of imidazole rings is 1. The largest absolute Gasteiger partial charge is 0.336 e. The molecule has 6 heteroatoms. The van der Waals surface area contributed by atoms with E-state index in [2.05, 4.69) is 43.1 Å². The van der Waals surface area contributed by atoms with Gasteiger partial charge in [0.15, 0.2) is 11.5 Å². The van der Waals surface area contributed by atoms with Crippen LogP contribution in [0.25, 0.3) is 21.9 Å². The molecule has 1 aliphatic rings. The SMILES string of the molecule is c1csc(-c2nc3nccc(CNC4CCCNC4)c3[nH]2)c1. The Morgan fingerprint density at radius 3 is 3.18 bits per heavy atom. The summed E-state index contributed by atoms with van der Waals surface area (Å²) in [5.41, 5.74) is 3.07. The number of nitrogens with one attached hydrogen (secondary N) is 3. The summed E-state index contributed by atoms with van der Waals surface area (Å²) in [5, 5.41) is 9.14. The van der Waals surface area contributed by atoms with Gasteiger partial charge in [0.1, 0.15) is 0 Å². The lowest BCUT2D eigenvalue weighted by Gasteiger charge is -2.23. The van der Waals surface area contributed by atoms with Gasteiger partial charge in [0.25, 0.3) is 0 Å². The van der Waals surface area contributed by atoms with Crippen LogP contribution in [0.4, 0.5) is 0 Å². The molecule has 3 aromatic rings. The van der Waals surface area contributed by atoms with Gasteiger partial charge in [0.2, 0.25) is 0 Å². The summed E-state index contributed by atoms with van der Waals surface area (Å²) >= 11 is 1.69. The molecule has 1 atom stereocenters. The molecule has 0 bridgehead atoms. The van der Waals surface area contributed by atoms with Crippen molar-refractivity contribution in [2.45, 2.75) is 25.4 Å². The molecular weight excluding hydrogens is 294 g/mol. The minimum absolute atomic E-state index is 0.552. The first-order valence-corrected chi connectivity index (χ1v) is 8.60. The maximum atomic E-state index is 4.61. The van der Waals surface area contributed by atoms with E-state index < -0.39 is 0 Å². The molecule has 0 saturated carbocycles. The summed E-state index contributed by atoms with van der Waals surface area (Å²) in [4.78, 5) is 13.6. The highest BCUT2D eigenvalue weighted by Crippen LogP contribution is 2.25. The zero-order chi connectivity index (χ0) is 14.8. The molecule has 4 heterocycles.